The predicted octanol–water partition coefficient (Wildman–Crippen LogP) is 3.44. The Morgan fingerprint density at radius 2 is 2.11 bits per heavy atom. The van der Waals surface area contributed by atoms with Gasteiger partial charge in [-0.3, -0.25) is 9.80 Å². The molecule has 0 spiro atoms. The molecule has 1 aliphatic heterocycles. The van der Waals surface area contributed by atoms with Crippen molar-refractivity contribution in [2.24, 2.45) is 5.92 Å². The number of halogens is 1. The molecule has 0 radical (unpaired) electrons. The number of hydrogen-bond acceptors (Lipinski definition) is 4. The zero-order valence-electron chi connectivity index (χ0n) is 16.4. The highest BCUT2D eigenvalue weighted by molar-refractivity contribution is 6.30. The fraction of sp³-hybridized carbons (Fsp3) is 0.571. The number of hydrogen-bond donors (Lipinski definition) is 1. The number of piperazine rings is 1. The summed E-state index contributed by atoms with van der Waals surface area (Å²) in [6, 6.07) is 8.47. The van der Waals surface area contributed by atoms with Crippen molar-refractivity contribution in [1.82, 2.24) is 19.4 Å². The molecule has 1 atom stereocenters. The first-order valence-electron chi connectivity index (χ1n) is 9.92. The van der Waals surface area contributed by atoms with E-state index in [-0.39, 0.29) is 6.61 Å². The van der Waals surface area contributed by atoms with Crippen LogP contribution in [0.4, 0.5) is 0 Å². The van der Waals surface area contributed by atoms with Crippen molar-refractivity contribution in [2.75, 3.05) is 32.8 Å². The number of aliphatic hydroxyl groups excluding tert-OH is 1. The zero-order valence-corrected chi connectivity index (χ0v) is 17.1. The SMILES string of the molecule is CC(C)CCN1CCN(Cc2cccn2-c2ccc(Cl)cn2)C[C@@H]1CCO. The van der Waals surface area contributed by atoms with Gasteiger partial charge in [-0.25, -0.2) is 4.98 Å². The summed E-state index contributed by atoms with van der Waals surface area (Å²) in [5.41, 5.74) is 1.23. The molecule has 2 aromatic heterocycles. The zero-order chi connectivity index (χ0) is 19.2. The topological polar surface area (TPSA) is 44.5 Å². The van der Waals surface area contributed by atoms with Gasteiger partial charge in [0.25, 0.3) is 0 Å². The number of rotatable bonds is 8. The Labute approximate surface area is 167 Å². The van der Waals surface area contributed by atoms with Gasteiger partial charge in [-0.1, -0.05) is 25.4 Å². The lowest BCUT2D eigenvalue weighted by atomic mass is 10.1. The Hall–Kier alpha value is -1.40. The monoisotopic (exact) mass is 390 g/mol. The lowest BCUT2D eigenvalue weighted by Gasteiger charge is -2.41. The Balaban J connectivity index is 1.65. The molecular formula is C21H31ClN4O. The minimum Gasteiger partial charge on any atom is -0.396 e. The van der Waals surface area contributed by atoms with E-state index in [1.165, 1.54) is 12.1 Å². The van der Waals surface area contributed by atoms with Gasteiger partial charge < -0.3 is 9.67 Å². The number of nitrogens with zero attached hydrogens (tertiary/aromatic N) is 4. The number of pyridine rings is 1. The summed E-state index contributed by atoms with van der Waals surface area (Å²) in [7, 11) is 0. The maximum atomic E-state index is 9.50. The van der Waals surface area contributed by atoms with Crippen LogP contribution >= 0.6 is 11.6 Å². The highest BCUT2D eigenvalue weighted by atomic mass is 35.5. The van der Waals surface area contributed by atoms with E-state index >= 15 is 0 Å². The molecule has 1 fully saturated rings. The second-order valence-electron chi connectivity index (χ2n) is 7.82. The molecule has 6 heteroatoms. The maximum Gasteiger partial charge on any atom is 0.136 e. The minimum absolute atomic E-state index is 0.252. The van der Waals surface area contributed by atoms with E-state index in [0.717, 1.165) is 45.0 Å². The highest BCUT2D eigenvalue weighted by Crippen LogP contribution is 2.19. The van der Waals surface area contributed by atoms with Crippen LogP contribution in [0.3, 0.4) is 0 Å². The van der Waals surface area contributed by atoms with Crippen LogP contribution in [0.2, 0.25) is 5.02 Å². The van der Waals surface area contributed by atoms with Crippen LogP contribution in [0.15, 0.2) is 36.7 Å². The van der Waals surface area contributed by atoms with Gasteiger partial charge in [-0.15, -0.1) is 0 Å². The molecule has 27 heavy (non-hydrogen) atoms. The van der Waals surface area contributed by atoms with E-state index in [1.807, 2.05) is 12.1 Å². The average Bonchev–Trinajstić information content (AvgIpc) is 3.10. The fourth-order valence-corrected chi connectivity index (χ4v) is 3.86. The Kier molecular flexibility index (Phi) is 7.30. The van der Waals surface area contributed by atoms with Crippen molar-refractivity contribution < 1.29 is 5.11 Å². The second kappa shape index (κ2) is 9.69. The van der Waals surface area contributed by atoms with Crippen LogP contribution < -0.4 is 0 Å². The average molecular weight is 391 g/mol. The molecule has 0 bridgehead atoms. The molecular weight excluding hydrogens is 360 g/mol. The first-order valence-corrected chi connectivity index (χ1v) is 10.3. The van der Waals surface area contributed by atoms with Gasteiger partial charge in [0.05, 0.1) is 5.02 Å². The smallest absolute Gasteiger partial charge is 0.136 e. The third-order valence-corrected chi connectivity index (χ3v) is 5.55. The Bertz CT molecular complexity index is 700. The van der Waals surface area contributed by atoms with Gasteiger partial charge in [-0.05, 0) is 49.6 Å². The van der Waals surface area contributed by atoms with Crippen molar-refractivity contribution in [1.29, 1.82) is 0 Å². The summed E-state index contributed by atoms with van der Waals surface area (Å²) >= 11 is 5.97. The third-order valence-electron chi connectivity index (χ3n) is 5.32. The molecule has 3 rings (SSSR count). The van der Waals surface area contributed by atoms with E-state index in [9.17, 15) is 5.11 Å². The standard InChI is InChI=1S/C21H31ClN4O/c1-17(2)7-10-25-12-11-24(15-19(25)8-13-27)16-20-4-3-9-26(20)21-6-5-18(22)14-23-21/h3-6,9,14,17,19,27H,7-8,10-13,15-16H2,1-2H3/t19-/m0/s1. The summed E-state index contributed by atoms with van der Waals surface area (Å²) in [6.07, 6.45) is 5.79. The van der Waals surface area contributed by atoms with Gasteiger partial charge in [-0.2, -0.15) is 0 Å². The summed E-state index contributed by atoms with van der Waals surface area (Å²) in [5.74, 6) is 1.61. The normalized spacial score (nSPS) is 19.1. The molecule has 2 aromatic rings. The number of aromatic nitrogens is 2. The summed E-state index contributed by atoms with van der Waals surface area (Å²) in [6.45, 7) is 9.93. The molecule has 0 unspecified atom stereocenters. The van der Waals surface area contributed by atoms with Crippen LogP contribution in [0.25, 0.3) is 5.82 Å². The third kappa shape index (κ3) is 5.55. The van der Waals surface area contributed by atoms with Crippen molar-refractivity contribution in [3.63, 3.8) is 0 Å². The first kappa shape index (κ1) is 20.3. The van der Waals surface area contributed by atoms with E-state index in [1.54, 1.807) is 6.20 Å². The van der Waals surface area contributed by atoms with Crippen molar-refractivity contribution in [3.05, 3.63) is 47.4 Å². The Morgan fingerprint density at radius 3 is 2.81 bits per heavy atom. The number of aliphatic hydroxyl groups is 1. The molecule has 0 aromatic carbocycles. The molecule has 5 nitrogen and oxygen atoms in total. The van der Waals surface area contributed by atoms with Crippen LogP contribution in [0.1, 0.15) is 32.4 Å². The van der Waals surface area contributed by atoms with Gasteiger partial charge in [0.2, 0.25) is 0 Å². The van der Waals surface area contributed by atoms with E-state index < -0.39 is 0 Å². The summed E-state index contributed by atoms with van der Waals surface area (Å²) in [4.78, 5) is 9.50. The molecule has 0 aliphatic carbocycles. The minimum atomic E-state index is 0.252. The Morgan fingerprint density at radius 1 is 1.26 bits per heavy atom. The van der Waals surface area contributed by atoms with Gasteiger partial charge >= 0.3 is 0 Å². The first-order chi connectivity index (χ1) is 13.1. The van der Waals surface area contributed by atoms with E-state index in [4.69, 9.17) is 11.6 Å². The van der Waals surface area contributed by atoms with Crippen molar-refractivity contribution >= 4 is 11.6 Å². The lowest BCUT2D eigenvalue weighted by Crippen LogP contribution is -2.53. The predicted molar refractivity (Wildman–Crippen MR) is 110 cm³/mol. The molecule has 148 valence electrons. The van der Waals surface area contributed by atoms with E-state index in [0.29, 0.717) is 17.0 Å². The van der Waals surface area contributed by atoms with Crippen molar-refractivity contribution in [3.8, 4) is 5.82 Å². The van der Waals surface area contributed by atoms with Crippen LogP contribution in [-0.2, 0) is 6.54 Å². The second-order valence-corrected chi connectivity index (χ2v) is 8.26. The quantitative estimate of drug-likeness (QED) is 0.749. The van der Waals surface area contributed by atoms with Gasteiger partial charge in [0.1, 0.15) is 5.82 Å². The highest BCUT2D eigenvalue weighted by Gasteiger charge is 2.27. The molecule has 0 amide bonds. The molecule has 0 saturated carbocycles. The van der Waals surface area contributed by atoms with E-state index in [2.05, 4.69) is 51.5 Å². The van der Waals surface area contributed by atoms with Gasteiger partial charge in [0, 0.05) is 56.9 Å². The van der Waals surface area contributed by atoms with Crippen LogP contribution in [-0.4, -0.2) is 63.3 Å². The van der Waals surface area contributed by atoms with Crippen molar-refractivity contribution in [2.45, 2.75) is 39.3 Å². The molecule has 1 aliphatic rings. The summed E-state index contributed by atoms with van der Waals surface area (Å²) < 4.78 is 2.13. The lowest BCUT2D eigenvalue weighted by molar-refractivity contribution is 0.0516. The van der Waals surface area contributed by atoms with Gasteiger partial charge in [0.15, 0.2) is 0 Å². The maximum absolute atomic E-state index is 9.50. The van der Waals surface area contributed by atoms with Crippen LogP contribution in [0.5, 0.6) is 0 Å². The fourth-order valence-electron chi connectivity index (χ4n) is 3.75. The molecule has 1 N–H and O–H groups in total. The summed E-state index contributed by atoms with van der Waals surface area (Å²) in [5, 5.41) is 10.2. The largest absolute Gasteiger partial charge is 0.396 e. The molecule has 1 saturated heterocycles. The van der Waals surface area contributed by atoms with Crippen LogP contribution in [0, 0.1) is 5.92 Å². The molecule has 3 heterocycles.